The van der Waals surface area contributed by atoms with Crippen molar-refractivity contribution >= 4 is 32.7 Å². The molecule has 0 saturated carbocycles. The highest BCUT2D eigenvalue weighted by Crippen LogP contribution is 2.38. The molecule has 0 atom stereocenters. The predicted octanol–water partition coefficient (Wildman–Crippen LogP) is 5.85. The molecule has 0 aliphatic rings. The third kappa shape index (κ3) is 2.17. The molecule has 0 spiro atoms. The maximum Gasteiger partial charge on any atom is 0.119 e. The first-order valence-corrected chi connectivity index (χ1v) is 8.70. The van der Waals surface area contributed by atoms with Gasteiger partial charge in [0.2, 0.25) is 0 Å². The number of hydrogen-bond acceptors (Lipinski definition) is 2. The van der Waals surface area contributed by atoms with Crippen LogP contribution in [0.5, 0.6) is 5.75 Å². The molecule has 0 saturated heterocycles. The number of aryl methyl sites for hydroxylation is 1. The number of H-pyrrole nitrogens is 1. The number of hydrogen-bond donors (Lipinski definition) is 1. The molecule has 0 fully saturated rings. The van der Waals surface area contributed by atoms with Crippen molar-refractivity contribution in [2.75, 3.05) is 7.11 Å². The fraction of sp³-hybridized carbons (Fsp3) is 0.0870. The molecule has 5 aromatic rings. The van der Waals surface area contributed by atoms with E-state index in [-0.39, 0.29) is 0 Å². The Bertz CT molecular complexity index is 1270. The van der Waals surface area contributed by atoms with Crippen LogP contribution in [0.15, 0.2) is 66.7 Å². The molecule has 0 unspecified atom stereocenters. The third-order valence-corrected chi connectivity index (χ3v) is 4.94. The summed E-state index contributed by atoms with van der Waals surface area (Å²) in [6, 6.07) is 22.9. The van der Waals surface area contributed by atoms with Gasteiger partial charge in [-0.15, -0.1) is 0 Å². The van der Waals surface area contributed by atoms with Gasteiger partial charge in [0.25, 0.3) is 0 Å². The molecule has 126 valence electrons. The number of aromatic nitrogens is 2. The highest BCUT2D eigenvalue weighted by Gasteiger charge is 2.16. The van der Waals surface area contributed by atoms with E-state index in [0.29, 0.717) is 0 Å². The van der Waals surface area contributed by atoms with E-state index in [4.69, 9.17) is 9.72 Å². The Kier molecular flexibility index (Phi) is 3.22. The molecule has 2 heterocycles. The number of rotatable bonds is 2. The molecular weight excluding hydrogens is 320 g/mol. The van der Waals surface area contributed by atoms with E-state index < -0.39 is 0 Å². The van der Waals surface area contributed by atoms with Crippen molar-refractivity contribution in [2.45, 2.75) is 6.92 Å². The lowest BCUT2D eigenvalue weighted by Crippen LogP contribution is -1.89. The van der Waals surface area contributed by atoms with E-state index in [0.717, 1.165) is 49.7 Å². The molecule has 0 amide bonds. The fourth-order valence-corrected chi connectivity index (χ4v) is 3.67. The van der Waals surface area contributed by atoms with Crippen LogP contribution in [0.4, 0.5) is 0 Å². The van der Waals surface area contributed by atoms with Crippen LogP contribution in [-0.4, -0.2) is 17.1 Å². The summed E-state index contributed by atoms with van der Waals surface area (Å²) in [5, 5.41) is 3.42. The Morgan fingerprint density at radius 2 is 1.73 bits per heavy atom. The molecule has 2 aromatic heterocycles. The second-order valence-electron chi connectivity index (χ2n) is 6.63. The monoisotopic (exact) mass is 338 g/mol. The zero-order valence-electron chi connectivity index (χ0n) is 14.7. The molecule has 5 rings (SSSR count). The van der Waals surface area contributed by atoms with Crippen molar-refractivity contribution in [2.24, 2.45) is 0 Å². The molecule has 0 aliphatic heterocycles. The van der Waals surface area contributed by atoms with Gasteiger partial charge in [0.1, 0.15) is 5.75 Å². The number of pyridine rings is 1. The summed E-state index contributed by atoms with van der Waals surface area (Å²) < 4.78 is 5.46. The van der Waals surface area contributed by atoms with Gasteiger partial charge >= 0.3 is 0 Å². The van der Waals surface area contributed by atoms with Gasteiger partial charge in [0.15, 0.2) is 0 Å². The first-order chi connectivity index (χ1) is 12.7. The van der Waals surface area contributed by atoms with E-state index in [9.17, 15) is 0 Å². The summed E-state index contributed by atoms with van der Waals surface area (Å²) in [6.07, 6.45) is 0. The summed E-state index contributed by atoms with van der Waals surface area (Å²) in [5.41, 5.74) is 6.56. The molecule has 3 heteroatoms. The van der Waals surface area contributed by atoms with Crippen molar-refractivity contribution in [3.63, 3.8) is 0 Å². The van der Waals surface area contributed by atoms with Crippen molar-refractivity contribution in [1.82, 2.24) is 9.97 Å². The van der Waals surface area contributed by atoms with Crippen LogP contribution < -0.4 is 4.74 Å². The SMILES string of the molecule is COc1ccc2[nH]c3c4cc(C)ccc4nc(-c4ccccc4)c3c2c1. The molecule has 1 N–H and O–H groups in total. The standard InChI is InChI=1S/C23H18N2O/c1-14-8-10-20-18(12-14)23-21(22(24-20)15-6-4-3-5-7-15)17-13-16(26-2)9-11-19(17)25-23/h3-13,25H,1-2H3. The van der Waals surface area contributed by atoms with E-state index in [1.165, 1.54) is 5.56 Å². The molecule has 0 aliphatic carbocycles. The van der Waals surface area contributed by atoms with Gasteiger partial charge in [-0.05, 0) is 37.3 Å². The van der Waals surface area contributed by atoms with E-state index >= 15 is 0 Å². The van der Waals surface area contributed by atoms with Crippen molar-refractivity contribution in [3.8, 4) is 17.0 Å². The number of ether oxygens (including phenoxy) is 1. The van der Waals surface area contributed by atoms with Crippen LogP contribution in [-0.2, 0) is 0 Å². The first kappa shape index (κ1) is 15.0. The average molecular weight is 338 g/mol. The zero-order chi connectivity index (χ0) is 17.7. The molecule has 26 heavy (non-hydrogen) atoms. The molecular formula is C23H18N2O. The normalized spacial score (nSPS) is 11.5. The van der Waals surface area contributed by atoms with Gasteiger partial charge in [-0.1, -0.05) is 42.0 Å². The minimum absolute atomic E-state index is 0.849. The highest BCUT2D eigenvalue weighted by molar-refractivity contribution is 6.21. The van der Waals surface area contributed by atoms with Gasteiger partial charge in [0, 0.05) is 27.2 Å². The smallest absolute Gasteiger partial charge is 0.119 e. The van der Waals surface area contributed by atoms with E-state index in [2.05, 4.69) is 66.5 Å². The maximum absolute atomic E-state index is 5.46. The topological polar surface area (TPSA) is 37.9 Å². The molecule has 3 nitrogen and oxygen atoms in total. The predicted molar refractivity (Wildman–Crippen MR) is 108 cm³/mol. The van der Waals surface area contributed by atoms with Gasteiger partial charge in [0.05, 0.1) is 23.8 Å². The molecule has 0 radical (unpaired) electrons. The van der Waals surface area contributed by atoms with Crippen LogP contribution in [0.1, 0.15) is 5.56 Å². The Labute approximate surface area is 151 Å². The lowest BCUT2D eigenvalue weighted by molar-refractivity contribution is 0.415. The van der Waals surface area contributed by atoms with Crippen LogP contribution in [0.25, 0.3) is 44.0 Å². The van der Waals surface area contributed by atoms with Gasteiger partial charge < -0.3 is 9.72 Å². The Balaban J connectivity index is 2.02. The third-order valence-electron chi connectivity index (χ3n) is 4.94. The van der Waals surface area contributed by atoms with Crippen molar-refractivity contribution < 1.29 is 4.74 Å². The second kappa shape index (κ2) is 5.60. The Hall–Kier alpha value is -3.33. The summed E-state index contributed by atoms with van der Waals surface area (Å²) in [5.74, 6) is 0.849. The van der Waals surface area contributed by atoms with Crippen LogP contribution in [0.3, 0.4) is 0 Å². The number of fused-ring (bicyclic) bond motifs is 5. The van der Waals surface area contributed by atoms with E-state index in [1.54, 1.807) is 7.11 Å². The van der Waals surface area contributed by atoms with Crippen molar-refractivity contribution in [3.05, 3.63) is 72.3 Å². The van der Waals surface area contributed by atoms with Gasteiger partial charge in [-0.3, -0.25) is 0 Å². The van der Waals surface area contributed by atoms with Crippen molar-refractivity contribution in [1.29, 1.82) is 0 Å². The van der Waals surface area contributed by atoms with Gasteiger partial charge in [-0.25, -0.2) is 4.98 Å². The van der Waals surface area contributed by atoms with Crippen LogP contribution >= 0.6 is 0 Å². The van der Waals surface area contributed by atoms with Crippen LogP contribution in [0.2, 0.25) is 0 Å². The lowest BCUT2D eigenvalue weighted by atomic mass is 10.0. The summed E-state index contributed by atoms with van der Waals surface area (Å²) >= 11 is 0. The number of nitrogens with one attached hydrogen (secondary N) is 1. The number of methoxy groups -OCH3 is 1. The Morgan fingerprint density at radius 3 is 2.54 bits per heavy atom. The fourth-order valence-electron chi connectivity index (χ4n) is 3.67. The molecule has 0 bridgehead atoms. The number of aromatic amines is 1. The number of benzene rings is 3. The first-order valence-electron chi connectivity index (χ1n) is 8.70. The summed E-state index contributed by atoms with van der Waals surface area (Å²) in [7, 11) is 1.70. The average Bonchev–Trinajstić information content (AvgIpc) is 3.07. The Morgan fingerprint density at radius 1 is 0.885 bits per heavy atom. The quantitative estimate of drug-likeness (QED) is 0.438. The second-order valence-corrected chi connectivity index (χ2v) is 6.63. The maximum atomic E-state index is 5.46. The lowest BCUT2D eigenvalue weighted by Gasteiger charge is -2.08. The van der Waals surface area contributed by atoms with Crippen LogP contribution in [0, 0.1) is 6.92 Å². The van der Waals surface area contributed by atoms with Gasteiger partial charge in [-0.2, -0.15) is 0 Å². The van der Waals surface area contributed by atoms with E-state index in [1.807, 2.05) is 12.1 Å². The minimum Gasteiger partial charge on any atom is -0.497 e. The summed E-state index contributed by atoms with van der Waals surface area (Å²) in [4.78, 5) is 8.65. The molecule has 3 aromatic carbocycles. The minimum atomic E-state index is 0.849. The number of nitrogens with zero attached hydrogens (tertiary/aromatic N) is 1. The highest BCUT2D eigenvalue weighted by atomic mass is 16.5. The summed E-state index contributed by atoms with van der Waals surface area (Å²) in [6.45, 7) is 2.11. The largest absolute Gasteiger partial charge is 0.497 e. The zero-order valence-corrected chi connectivity index (χ0v) is 14.7.